The summed E-state index contributed by atoms with van der Waals surface area (Å²) in [4.78, 5) is 12.1. The molecule has 6 nitrogen and oxygen atoms in total. The van der Waals surface area contributed by atoms with E-state index >= 15 is 0 Å². The molecule has 1 N–H and O–H groups in total. The molecular formula is C19H22N2O4. The molecule has 1 atom stereocenters. The summed E-state index contributed by atoms with van der Waals surface area (Å²) < 4.78 is 16.0. The maximum absolute atomic E-state index is 12.1. The zero-order chi connectivity index (χ0) is 18.2. The van der Waals surface area contributed by atoms with Crippen LogP contribution in [0.4, 0.5) is 0 Å². The van der Waals surface area contributed by atoms with Crippen molar-refractivity contribution in [1.29, 1.82) is 0 Å². The lowest BCUT2D eigenvalue weighted by Crippen LogP contribution is -2.33. The van der Waals surface area contributed by atoms with Crippen LogP contribution < -0.4 is 19.6 Å². The fourth-order valence-corrected chi connectivity index (χ4v) is 2.14. The van der Waals surface area contributed by atoms with Gasteiger partial charge in [-0.1, -0.05) is 12.1 Å². The predicted octanol–water partition coefficient (Wildman–Crippen LogP) is 2.93. The van der Waals surface area contributed by atoms with E-state index in [4.69, 9.17) is 14.2 Å². The van der Waals surface area contributed by atoms with Crippen molar-refractivity contribution in [2.45, 2.75) is 20.0 Å². The maximum atomic E-state index is 12.1. The molecule has 0 aliphatic carbocycles. The van der Waals surface area contributed by atoms with Crippen LogP contribution in [-0.4, -0.2) is 32.4 Å². The van der Waals surface area contributed by atoms with Crippen molar-refractivity contribution in [2.24, 2.45) is 5.10 Å². The fourth-order valence-electron chi connectivity index (χ4n) is 2.14. The molecule has 0 aliphatic heterocycles. The molecule has 0 saturated carbocycles. The molecule has 0 heterocycles. The summed E-state index contributed by atoms with van der Waals surface area (Å²) in [7, 11) is 3.13. The van der Waals surface area contributed by atoms with Gasteiger partial charge in [-0.2, -0.15) is 5.10 Å². The van der Waals surface area contributed by atoms with Gasteiger partial charge in [-0.25, -0.2) is 5.43 Å². The average molecular weight is 342 g/mol. The zero-order valence-corrected chi connectivity index (χ0v) is 14.8. The van der Waals surface area contributed by atoms with Gasteiger partial charge < -0.3 is 14.2 Å². The lowest BCUT2D eigenvalue weighted by molar-refractivity contribution is -0.127. The third-order valence-corrected chi connectivity index (χ3v) is 3.47. The number of nitrogens with zero attached hydrogens (tertiary/aromatic N) is 1. The number of amides is 1. The summed E-state index contributed by atoms with van der Waals surface area (Å²) in [6, 6.07) is 12.9. The van der Waals surface area contributed by atoms with Crippen LogP contribution in [0.1, 0.15) is 18.1 Å². The van der Waals surface area contributed by atoms with Crippen LogP contribution in [0, 0.1) is 6.92 Å². The molecule has 0 aromatic heterocycles. The van der Waals surface area contributed by atoms with Crippen molar-refractivity contribution in [3.05, 3.63) is 53.6 Å². The normalized spacial score (nSPS) is 11.8. The van der Waals surface area contributed by atoms with E-state index in [0.717, 1.165) is 11.1 Å². The molecular weight excluding hydrogens is 320 g/mol. The molecule has 2 rings (SSSR count). The zero-order valence-electron chi connectivity index (χ0n) is 14.8. The van der Waals surface area contributed by atoms with Crippen LogP contribution in [0.5, 0.6) is 17.2 Å². The molecule has 2 aromatic carbocycles. The summed E-state index contributed by atoms with van der Waals surface area (Å²) in [6.45, 7) is 3.63. The summed E-state index contributed by atoms with van der Waals surface area (Å²) in [5, 5.41) is 3.95. The SMILES string of the molecule is COc1ccc(C=NNC(=O)C(C)Oc2cccc(C)c2)cc1OC. The predicted molar refractivity (Wildman–Crippen MR) is 96.6 cm³/mol. The first-order valence-corrected chi connectivity index (χ1v) is 7.81. The number of ether oxygens (including phenoxy) is 3. The summed E-state index contributed by atoms with van der Waals surface area (Å²) >= 11 is 0. The average Bonchev–Trinajstić information content (AvgIpc) is 2.61. The fraction of sp³-hybridized carbons (Fsp3) is 0.263. The van der Waals surface area contributed by atoms with Gasteiger partial charge in [0.2, 0.25) is 0 Å². The van der Waals surface area contributed by atoms with Gasteiger partial charge >= 0.3 is 0 Å². The number of hydrogen-bond acceptors (Lipinski definition) is 5. The Labute approximate surface area is 147 Å². The minimum Gasteiger partial charge on any atom is -0.493 e. The standard InChI is InChI=1S/C19H22N2O4/c1-13-6-5-7-16(10-13)25-14(2)19(22)21-20-12-15-8-9-17(23-3)18(11-15)24-4/h5-12,14H,1-4H3,(H,21,22). The second-order valence-corrected chi connectivity index (χ2v) is 5.43. The van der Waals surface area contributed by atoms with E-state index in [1.165, 1.54) is 6.21 Å². The molecule has 0 spiro atoms. The lowest BCUT2D eigenvalue weighted by Gasteiger charge is -2.13. The van der Waals surface area contributed by atoms with Crippen molar-refractivity contribution in [3.63, 3.8) is 0 Å². The molecule has 0 aliphatic rings. The molecule has 25 heavy (non-hydrogen) atoms. The number of carbonyl (C=O) groups is 1. The van der Waals surface area contributed by atoms with E-state index in [0.29, 0.717) is 17.2 Å². The van der Waals surface area contributed by atoms with Crippen molar-refractivity contribution in [3.8, 4) is 17.2 Å². The minimum absolute atomic E-state index is 0.335. The van der Waals surface area contributed by atoms with Crippen molar-refractivity contribution in [2.75, 3.05) is 14.2 Å². The van der Waals surface area contributed by atoms with Gasteiger partial charge in [-0.15, -0.1) is 0 Å². The van der Waals surface area contributed by atoms with Crippen LogP contribution in [0.25, 0.3) is 0 Å². The number of nitrogens with one attached hydrogen (secondary N) is 1. The Bertz CT molecular complexity index is 759. The Kier molecular flexibility index (Phi) is 6.39. The maximum Gasteiger partial charge on any atom is 0.280 e. The molecule has 0 fully saturated rings. The van der Waals surface area contributed by atoms with E-state index in [1.807, 2.05) is 37.3 Å². The third-order valence-electron chi connectivity index (χ3n) is 3.47. The highest BCUT2D eigenvalue weighted by Gasteiger charge is 2.13. The van der Waals surface area contributed by atoms with E-state index in [9.17, 15) is 4.79 Å². The number of methoxy groups -OCH3 is 2. The van der Waals surface area contributed by atoms with E-state index in [2.05, 4.69) is 10.5 Å². The first-order valence-electron chi connectivity index (χ1n) is 7.81. The van der Waals surface area contributed by atoms with E-state index in [-0.39, 0.29) is 5.91 Å². The number of rotatable bonds is 7. The Morgan fingerprint density at radius 1 is 1.12 bits per heavy atom. The van der Waals surface area contributed by atoms with Gasteiger partial charge in [0, 0.05) is 0 Å². The van der Waals surface area contributed by atoms with Crippen LogP contribution in [0.3, 0.4) is 0 Å². The second kappa shape index (κ2) is 8.73. The monoisotopic (exact) mass is 342 g/mol. The molecule has 1 amide bonds. The van der Waals surface area contributed by atoms with Gasteiger partial charge in [0.25, 0.3) is 5.91 Å². The topological polar surface area (TPSA) is 69.2 Å². The van der Waals surface area contributed by atoms with Crippen molar-refractivity contribution < 1.29 is 19.0 Å². The largest absolute Gasteiger partial charge is 0.493 e. The smallest absolute Gasteiger partial charge is 0.280 e. The number of benzene rings is 2. The molecule has 0 bridgehead atoms. The quantitative estimate of drug-likeness (QED) is 0.620. The molecule has 1 unspecified atom stereocenters. The highest BCUT2D eigenvalue weighted by molar-refractivity contribution is 5.84. The number of carbonyl (C=O) groups excluding carboxylic acids is 1. The Morgan fingerprint density at radius 3 is 2.56 bits per heavy atom. The van der Waals surface area contributed by atoms with E-state index in [1.54, 1.807) is 33.3 Å². The van der Waals surface area contributed by atoms with E-state index < -0.39 is 6.10 Å². The summed E-state index contributed by atoms with van der Waals surface area (Å²) in [5.41, 5.74) is 4.30. The first-order chi connectivity index (χ1) is 12.0. The van der Waals surface area contributed by atoms with Crippen LogP contribution in [0.15, 0.2) is 47.6 Å². The molecule has 0 saturated heterocycles. The molecule has 2 aromatic rings. The molecule has 132 valence electrons. The van der Waals surface area contributed by atoms with Gasteiger partial charge in [0.15, 0.2) is 17.6 Å². The lowest BCUT2D eigenvalue weighted by atomic mass is 10.2. The van der Waals surface area contributed by atoms with Gasteiger partial charge in [0.05, 0.1) is 20.4 Å². The van der Waals surface area contributed by atoms with Crippen molar-refractivity contribution in [1.82, 2.24) is 5.43 Å². The summed E-state index contributed by atoms with van der Waals surface area (Å²) in [6.07, 6.45) is 0.864. The first kappa shape index (κ1) is 18.3. The van der Waals surface area contributed by atoms with Crippen LogP contribution >= 0.6 is 0 Å². The third kappa shape index (κ3) is 5.24. The van der Waals surface area contributed by atoms with Gasteiger partial charge in [-0.3, -0.25) is 4.79 Å². The minimum atomic E-state index is -0.663. The number of hydrazone groups is 1. The molecule has 6 heteroatoms. The highest BCUT2D eigenvalue weighted by Crippen LogP contribution is 2.26. The van der Waals surface area contributed by atoms with Crippen molar-refractivity contribution >= 4 is 12.1 Å². The molecule has 0 radical (unpaired) electrons. The summed E-state index contributed by atoms with van der Waals surface area (Å²) in [5.74, 6) is 1.53. The van der Waals surface area contributed by atoms with Crippen LogP contribution in [0.2, 0.25) is 0 Å². The Hall–Kier alpha value is -3.02. The number of aryl methyl sites for hydroxylation is 1. The Morgan fingerprint density at radius 2 is 1.88 bits per heavy atom. The van der Waals surface area contributed by atoms with Crippen LogP contribution in [-0.2, 0) is 4.79 Å². The Balaban J connectivity index is 1.93. The second-order valence-electron chi connectivity index (χ2n) is 5.43. The highest BCUT2D eigenvalue weighted by atomic mass is 16.5. The van der Waals surface area contributed by atoms with Gasteiger partial charge in [0.1, 0.15) is 5.75 Å². The number of hydrogen-bond donors (Lipinski definition) is 1. The van der Waals surface area contributed by atoms with Gasteiger partial charge in [-0.05, 0) is 55.3 Å².